The van der Waals surface area contributed by atoms with Crippen LogP contribution in [-0.4, -0.2) is 60.3 Å². The van der Waals surface area contributed by atoms with Gasteiger partial charge in [-0.25, -0.2) is 4.98 Å². The fraction of sp³-hybridized carbons (Fsp3) is 0.184. The normalized spacial score (nSPS) is 11.0. The van der Waals surface area contributed by atoms with Crippen molar-refractivity contribution < 1.29 is 23.9 Å². The van der Waals surface area contributed by atoms with Crippen LogP contribution >= 0.6 is 23.2 Å². The second kappa shape index (κ2) is 16.3. The summed E-state index contributed by atoms with van der Waals surface area (Å²) in [6.45, 7) is 1.90. The largest absolute Gasteiger partial charge is 0.487 e. The van der Waals surface area contributed by atoms with E-state index in [-0.39, 0.29) is 24.1 Å². The van der Waals surface area contributed by atoms with Crippen molar-refractivity contribution in [3.63, 3.8) is 0 Å². The fourth-order valence-electron chi connectivity index (χ4n) is 4.95. The van der Waals surface area contributed by atoms with Crippen LogP contribution in [0.2, 0.25) is 10.0 Å². The highest BCUT2D eigenvalue weighted by Gasteiger charge is 2.20. The Labute approximate surface area is 300 Å². The van der Waals surface area contributed by atoms with Gasteiger partial charge < -0.3 is 24.6 Å². The first-order valence-electron chi connectivity index (χ1n) is 15.6. The predicted molar refractivity (Wildman–Crippen MR) is 196 cm³/mol. The summed E-state index contributed by atoms with van der Waals surface area (Å²) in [6, 6.07) is 23.2. The molecule has 1 N–H and O–H groups in total. The molecule has 2 heterocycles. The molecule has 3 aromatic carbocycles. The number of pyridine rings is 2. The molecule has 0 atom stereocenters. The summed E-state index contributed by atoms with van der Waals surface area (Å²) >= 11 is 13.3. The van der Waals surface area contributed by atoms with Crippen molar-refractivity contribution in [2.75, 3.05) is 32.6 Å². The van der Waals surface area contributed by atoms with E-state index in [0.29, 0.717) is 45.5 Å². The van der Waals surface area contributed by atoms with Crippen molar-refractivity contribution in [1.82, 2.24) is 20.2 Å². The van der Waals surface area contributed by atoms with E-state index < -0.39 is 11.8 Å². The number of carbonyl (C=O) groups is 3. The average molecular weight is 713 g/mol. The number of likely N-dealkylation sites (N-methyl/N-ethyl adjacent to an activating group) is 1. The topological polar surface area (TPSA) is 114 Å². The van der Waals surface area contributed by atoms with Crippen LogP contribution in [0.5, 0.6) is 11.5 Å². The number of carbonyl (C=O) groups excluding carboxylic acids is 3. The number of hydrogen-bond acceptors (Lipinski definition) is 7. The molecule has 5 rings (SSSR count). The molecule has 0 spiro atoms. The van der Waals surface area contributed by atoms with E-state index in [1.165, 1.54) is 15.9 Å². The lowest BCUT2D eigenvalue weighted by molar-refractivity contribution is -0.122. The molecule has 2 aromatic heterocycles. The number of aromatic nitrogens is 2. The molecule has 0 saturated carbocycles. The summed E-state index contributed by atoms with van der Waals surface area (Å²) in [4.78, 5) is 49.5. The number of anilines is 1. The van der Waals surface area contributed by atoms with E-state index >= 15 is 0 Å². The summed E-state index contributed by atoms with van der Waals surface area (Å²) in [5.41, 5.74) is 4.30. The number of nitrogens with one attached hydrogen (secondary N) is 1. The molecule has 0 aliphatic carbocycles. The number of para-hydroxylation sites is 1. The van der Waals surface area contributed by atoms with Crippen molar-refractivity contribution >= 4 is 63.6 Å². The maximum atomic E-state index is 13.1. The van der Waals surface area contributed by atoms with Crippen LogP contribution in [-0.2, 0) is 22.8 Å². The van der Waals surface area contributed by atoms with Gasteiger partial charge in [-0.05, 0) is 67.1 Å². The van der Waals surface area contributed by atoms with Gasteiger partial charge >= 0.3 is 0 Å². The molecule has 3 amide bonds. The van der Waals surface area contributed by atoms with Crippen LogP contribution < -0.4 is 19.7 Å². The molecule has 5 aromatic rings. The van der Waals surface area contributed by atoms with Gasteiger partial charge in [0.1, 0.15) is 30.2 Å². The molecule has 0 radical (unpaired) electrons. The van der Waals surface area contributed by atoms with Crippen molar-refractivity contribution in [2.24, 2.45) is 0 Å². The fourth-order valence-corrected chi connectivity index (χ4v) is 5.56. The first kappa shape index (κ1) is 35.8. The Kier molecular flexibility index (Phi) is 11.7. The monoisotopic (exact) mass is 711 g/mol. The maximum absolute atomic E-state index is 13.1. The molecule has 0 unspecified atom stereocenters. The van der Waals surface area contributed by atoms with Gasteiger partial charge in [0.25, 0.3) is 5.91 Å². The van der Waals surface area contributed by atoms with Gasteiger partial charge in [0.05, 0.1) is 22.9 Å². The molecule has 0 bridgehead atoms. The van der Waals surface area contributed by atoms with Crippen LogP contribution in [0, 0.1) is 6.92 Å². The average Bonchev–Trinajstić information content (AvgIpc) is 3.12. The van der Waals surface area contributed by atoms with E-state index in [2.05, 4.69) is 10.3 Å². The molecule has 50 heavy (non-hydrogen) atoms. The van der Waals surface area contributed by atoms with Gasteiger partial charge in [0.15, 0.2) is 0 Å². The van der Waals surface area contributed by atoms with Crippen molar-refractivity contribution in [3.05, 3.63) is 129 Å². The Morgan fingerprint density at radius 2 is 1.64 bits per heavy atom. The molecule has 0 saturated heterocycles. The van der Waals surface area contributed by atoms with Crippen molar-refractivity contribution in [1.29, 1.82) is 0 Å². The minimum absolute atomic E-state index is 0.00177. The Morgan fingerprint density at radius 3 is 2.36 bits per heavy atom. The number of halogens is 2. The highest BCUT2D eigenvalue weighted by molar-refractivity contribution is 6.38. The van der Waals surface area contributed by atoms with E-state index in [9.17, 15) is 14.4 Å². The first-order chi connectivity index (χ1) is 24.0. The number of nitrogens with zero attached hydrogens (tertiary/aromatic N) is 4. The van der Waals surface area contributed by atoms with Crippen LogP contribution in [0.25, 0.3) is 17.0 Å². The third-order valence-corrected chi connectivity index (χ3v) is 8.45. The third kappa shape index (κ3) is 8.76. The minimum Gasteiger partial charge on any atom is -0.487 e. The van der Waals surface area contributed by atoms with Gasteiger partial charge in [-0.15, -0.1) is 0 Å². The Hall–Kier alpha value is -5.45. The van der Waals surface area contributed by atoms with Crippen LogP contribution in [0.4, 0.5) is 5.69 Å². The van der Waals surface area contributed by atoms with E-state index in [1.54, 1.807) is 75.9 Å². The molecule has 0 aliphatic heterocycles. The summed E-state index contributed by atoms with van der Waals surface area (Å²) in [5.74, 6) is 0.180. The highest BCUT2D eigenvalue weighted by atomic mass is 35.5. The summed E-state index contributed by atoms with van der Waals surface area (Å²) in [7, 11) is 4.92. The summed E-state index contributed by atoms with van der Waals surface area (Å²) in [6.07, 6.45) is 4.63. The minimum atomic E-state index is -0.458. The van der Waals surface area contributed by atoms with Gasteiger partial charge in [-0.1, -0.05) is 47.5 Å². The SMILES string of the molecule is Cc1cc(OCc2ccccn2)c2cccc(OCc3c(Cl)ccc(N(C)C(=O)CNC(=O)/C=C/c4ccc(C(=O)N(C)C)cc4)c3Cl)c2n1. The summed E-state index contributed by atoms with van der Waals surface area (Å²) in [5, 5.41) is 3.96. The van der Waals surface area contributed by atoms with Gasteiger partial charge in [0.2, 0.25) is 11.8 Å². The van der Waals surface area contributed by atoms with E-state index in [0.717, 1.165) is 22.3 Å². The number of fused-ring (bicyclic) bond motifs is 1. The summed E-state index contributed by atoms with van der Waals surface area (Å²) < 4.78 is 12.3. The molecular weight excluding hydrogens is 677 g/mol. The van der Waals surface area contributed by atoms with Gasteiger partial charge in [-0.3, -0.25) is 19.4 Å². The number of benzene rings is 3. The molecule has 256 valence electrons. The lowest BCUT2D eigenvalue weighted by Gasteiger charge is -2.21. The smallest absolute Gasteiger partial charge is 0.253 e. The molecule has 0 aliphatic rings. The quantitative estimate of drug-likeness (QED) is 0.140. The standard InChI is InChI=1S/C38H35Cl2N5O5/c1-24-20-33(49-22-27-8-5-6-19-41-27)28-9-7-10-32(37(28)43-24)50-23-29-30(39)16-17-31(36(29)40)45(4)35(47)21-42-34(46)18-13-25-11-14-26(15-12-25)38(48)44(2)3/h5-20H,21-23H2,1-4H3,(H,42,46)/b18-13+. The second-order valence-corrected chi connectivity index (χ2v) is 12.3. The molecule has 10 nitrogen and oxygen atoms in total. The highest BCUT2D eigenvalue weighted by Crippen LogP contribution is 2.36. The lowest BCUT2D eigenvalue weighted by atomic mass is 10.1. The zero-order chi connectivity index (χ0) is 35.8. The number of rotatable bonds is 12. The zero-order valence-corrected chi connectivity index (χ0v) is 29.5. The number of ether oxygens (including phenoxy) is 2. The van der Waals surface area contributed by atoms with Crippen LogP contribution in [0.3, 0.4) is 0 Å². The second-order valence-electron chi connectivity index (χ2n) is 11.5. The number of amides is 3. The third-order valence-electron chi connectivity index (χ3n) is 7.67. The molecular formula is C38H35Cl2N5O5. The van der Waals surface area contributed by atoms with Crippen molar-refractivity contribution in [2.45, 2.75) is 20.1 Å². The Bertz CT molecular complexity index is 2050. The lowest BCUT2D eigenvalue weighted by Crippen LogP contribution is -2.37. The Balaban J connectivity index is 1.23. The van der Waals surface area contributed by atoms with Crippen LogP contribution in [0.15, 0.2) is 91.1 Å². The first-order valence-corrected chi connectivity index (χ1v) is 16.3. The van der Waals surface area contributed by atoms with Crippen molar-refractivity contribution in [3.8, 4) is 11.5 Å². The predicted octanol–water partition coefficient (Wildman–Crippen LogP) is 6.90. The molecule has 0 fully saturated rings. The van der Waals surface area contributed by atoms with E-state index in [1.807, 2.05) is 43.3 Å². The number of hydrogen-bond donors (Lipinski definition) is 1. The zero-order valence-electron chi connectivity index (χ0n) is 27.9. The van der Waals surface area contributed by atoms with Gasteiger partial charge in [-0.2, -0.15) is 0 Å². The Morgan fingerprint density at radius 1 is 0.880 bits per heavy atom. The maximum Gasteiger partial charge on any atom is 0.253 e. The van der Waals surface area contributed by atoms with Gasteiger partial charge in [0, 0.05) is 66.7 Å². The molecule has 12 heteroatoms. The van der Waals surface area contributed by atoms with E-state index in [4.69, 9.17) is 37.7 Å². The van der Waals surface area contributed by atoms with Crippen LogP contribution in [0.1, 0.15) is 32.9 Å². The number of aryl methyl sites for hydroxylation is 1.